The minimum atomic E-state index is -1.12. The Hall–Kier alpha value is -2.93. The number of carbonyl (C=O) groups excluding carboxylic acids is 2. The fourth-order valence-electron chi connectivity index (χ4n) is 2.60. The Morgan fingerprint density at radius 3 is 2.41 bits per heavy atom. The quantitative estimate of drug-likeness (QED) is 0.522. The molecule has 0 unspecified atom stereocenters. The van der Waals surface area contributed by atoms with Gasteiger partial charge in [-0.2, -0.15) is 0 Å². The van der Waals surface area contributed by atoms with Crippen LogP contribution >= 0.6 is 15.9 Å². The summed E-state index contributed by atoms with van der Waals surface area (Å²) in [5, 5.41) is 14.4. The van der Waals surface area contributed by atoms with Crippen LogP contribution in [0.2, 0.25) is 0 Å². The van der Waals surface area contributed by atoms with E-state index in [0.29, 0.717) is 17.5 Å². The monoisotopic (exact) mass is 458 g/mol. The normalized spacial score (nSPS) is 12.2. The molecule has 6 nitrogen and oxygen atoms in total. The van der Waals surface area contributed by atoms with Gasteiger partial charge in [-0.3, -0.25) is 9.59 Å². The molecule has 0 aliphatic rings. The fourth-order valence-corrected chi connectivity index (χ4v) is 3.02. The number of halogens is 1. The summed E-state index contributed by atoms with van der Waals surface area (Å²) in [5.41, 5.74) is 2.05. The Morgan fingerprint density at radius 2 is 1.83 bits per heavy atom. The zero-order valence-electron chi connectivity index (χ0n) is 16.2. The molecule has 1 atom stereocenters. The number of amides is 2. The second-order valence-corrected chi connectivity index (χ2v) is 7.50. The first kappa shape index (κ1) is 22.4. The number of carbonyl (C=O) groups is 3. The van der Waals surface area contributed by atoms with Crippen LogP contribution in [-0.2, 0) is 9.59 Å². The maximum atomic E-state index is 12.8. The first-order valence-corrected chi connectivity index (χ1v) is 9.98. The van der Waals surface area contributed by atoms with Crippen LogP contribution < -0.4 is 10.6 Å². The smallest absolute Gasteiger partial charge is 0.326 e. The predicted molar refractivity (Wildman–Crippen MR) is 115 cm³/mol. The molecule has 29 heavy (non-hydrogen) atoms. The van der Waals surface area contributed by atoms with Gasteiger partial charge in [0.25, 0.3) is 11.8 Å². The van der Waals surface area contributed by atoms with E-state index in [2.05, 4.69) is 26.6 Å². The van der Waals surface area contributed by atoms with Gasteiger partial charge >= 0.3 is 5.97 Å². The van der Waals surface area contributed by atoms with Gasteiger partial charge in [0.05, 0.1) is 0 Å². The van der Waals surface area contributed by atoms with Crippen molar-refractivity contribution in [2.75, 3.05) is 0 Å². The molecule has 152 valence electrons. The van der Waals surface area contributed by atoms with Crippen molar-refractivity contribution >= 4 is 39.8 Å². The molecule has 2 aromatic carbocycles. The summed E-state index contributed by atoms with van der Waals surface area (Å²) < 4.78 is 0.810. The molecule has 0 saturated heterocycles. The van der Waals surface area contributed by atoms with Gasteiger partial charge in [-0.15, -0.1) is 0 Å². The Bertz CT molecular complexity index is 923. The highest BCUT2D eigenvalue weighted by Gasteiger charge is 2.22. The topological polar surface area (TPSA) is 95.5 Å². The van der Waals surface area contributed by atoms with Gasteiger partial charge in [-0.25, -0.2) is 4.79 Å². The molecule has 0 aliphatic carbocycles. The highest BCUT2D eigenvalue weighted by molar-refractivity contribution is 9.10. The largest absolute Gasteiger partial charge is 0.480 e. The van der Waals surface area contributed by atoms with Gasteiger partial charge in [0.2, 0.25) is 0 Å². The lowest BCUT2D eigenvalue weighted by atomic mass is 10.1. The number of nitrogens with one attached hydrogen (secondary N) is 2. The zero-order chi connectivity index (χ0) is 21.4. The number of rotatable bonds is 8. The van der Waals surface area contributed by atoms with Gasteiger partial charge < -0.3 is 15.7 Å². The Kier molecular flexibility index (Phi) is 8.15. The molecule has 0 spiro atoms. The number of benzene rings is 2. The molecular weight excluding hydrogens is 436 g/mol. The lowest BCUT2D eigenvalue weighted by Crippen LogP contribution is -2.44. The van der Waals surface area contributed by atoms with Crippen molar-refractivity contribution in [2.24, 2.45) is 0 Å². The molecule has 2 aromatic rings. The van der Waals surface area contributed by atoms with Crippen LogP contribution in [0.3, 0.4) is 0 Å². The summed E-state index contributed by atoms with van der Waals surface area (Å²) in [6, 6.07) is 13.1. The van der Waals surface area contributed by atoms with Crippen molar-refractivity contribution in [3.05, 3.63) is 75.4 Å². The highest BCUT2D eigenvalue weighted by Crippen LogP contribution is 2.15. The minimum Gasteiger partial charge on any atom is -0.480 e. The molecule has 7 heteroatoms. The maximum Gasteiger partial charge on any atom is 0.326 e. The third-order valence-electron chi connectivity index (χ3n) is 4.15. The van der Waals surface area contributed by atoms with Gasteiger partial charge in [-0.05, 0) is 49.2 Å². The minimum absolute atomic E-state index is 0.0315. The van der Waals surface area contributed by atoms with Gasteiger partial charge in [0, 0.05) is 10.0 Å². The third kappa shape index (κ3) is 6.87. The Labute approximate surface area is 178 Å². The van der Waals surface area contributed by atoms with Crippen LogP contribution in [0.4, 0.5) is 0 Å². The molecular formula is C22H23BrN2O4. The lowest BCUT2D eigenvalue weighted by molar-refractivity contribution is -0.141. The van der Waals surface area contributed by atoms with E-state index in [-0.39, 0.29) is 12.1 Å². The average Bonchev–Trinajstić information content (AvgIpc) is 2.67. The van der Waals surface area contributed by atoms with E-state index in [1.54, 1.807) is 42.5 Å². The molecule has 2 rings (SSSR count). The average molecular weight is 459 g/mol. The number of hydrogen-bond acceptors (Lipinski definition) is 3. The van der Waals surface area contributed by atoms with E-state index >= 15 is 0 Å². The van der Waals surface area contributed by atoms with Gasteiger partial charge in [0.1, 0.15) is 11.7 Å². The zero-order valence-corrected chi connectivity index (χ0v) is 17.8. The third-order valence-corrected chi connectivity index (χ3v) is 4.64. The SMILES string of the molecule is CCC[C@@H](NC(=O)/C(=C/c1cccc(Br)c1)NC(=O)c1ccc(C)cc1)C(=O)O. The van der Waals surface area contributed by atoms with Crippen molar-refractivity contribution < 1.29 is 19.5 Å². The van der Waals surface area contributed by atoms with Gasteiger partial charge in [-0.1, -0.05) is 59.1 Å². The standard InChI is InChI=1S/C22H23BrN2O4/c1-3-5-18(22(28)29)24-21(27)19(13-15-6-4-7-17(23)12-15)25-20(26)16-10-8-14(2)9-11-16/h4,6-13,18H,3,5H2,1-2H3,(H,24,27)(H,25,26)(H,28,29)/b19-13-/t18-/m1/s1. The summed E-state index contributed by atoms with van der Waals surface area (Å²) in [5.74, 6) is -2.23. The summed E-state index contributed by atoms with van der Waals surface area (Å²) >= 11 is 3.37. The molecule has 3 N–H and O–H groups in total. The summed E-state index contributed by atoms with van der Waals surface area (Å²) in [6.45, 7) is 3.74. The van der Waals surface area contributed by atoms with Crippen molar-refractivity contribution in [1.82, 2.24) is 10.6 Å². The van der Waals surface area contributed by atoms with Crippen LogP contribution in [0.15, 0.2) is 58.7 Å². The number of aliphatic carboxylic acids is 1. The maximum absolute atomic E-state index is 12.8. The fraction of sp³-hybridized carbons (Fsp3) is 0.227. The van der Waals surface area contributed by atoms with E-state index in [0.717, 1.165) is 10.0 Å². The van der Waals surface area contributed by atoms with Crippen LogP contribution in [-0.4, -0.2) is 28.9 Å². The molecule has 0 bridgehead atoms. The van der Waals surface area contributed by atoms with E-state index in [4.69, 9.17) is 0 Å². The Morgan fingerprint density at radius 1 is 1.14 bits per heavy atom. The Balaban J connectivity index is 2.32. The molecule has 0 radical (unpaired) electrons. The van der Waals surface area contributed by atoms with Crippen molar-refractivity contribution in [1.29, 1.82) is 0 Å². The van der Waals surface area contributed by atoms with Crippen molar-refractivity contribution in [3.63, 3.8) is 0 Å². The second kappa shape index (κ2) is 10.6. The summed E-state index contributed by atoms with van der Waals surface area (Å²) in [4.78, 5) is 36.8. The second-order valence-electron chi connectivity index (χ2n) is 6.59. The highest BCUT2D eigenvalue weighted by atomic mass is 79.9. The molecule has 0 aliphatic heterocycles. The van der Waals surface area contributed by atoms with Crippen LogP contribution in [0.25, 0.3) is 6.08 Å². The molecule has 0 heterocycles. The number of carboxylic acids is 1. The first-order chi connectivity index (χ1) is 13.8. The molecule has 0 saturated carbocycles. The van der Waals surface area contributed by atoms with Crippen molar-refractivity contribution in [2.45, 2.75) is 32.7 Å². The summed E-state index contributed by atoms with van der Waals surface area (Å²) in [7, 11) is 0. The molecule has 2 amide bonds. The lowest BCUT2D eigenvalue weighted by Gasteiger charge is -2.16. The van der Waals surface area contributed by atoms with E-state index in [1.807, 2.05) is 19.9 Å². The van der Waals surface area contributed by atoms with E-state index in [9.17, 15) is 19.5 Å². The predicted octanol–water partition coefficient (Wildman–Crippen LogP) is 3.90. The van der Waals surface area contributed by atoms with Gasteiger partial charge in [0.15, 0.2) is 0 Å². The number of hydrogen-bond donors (Lipinski definition) is 3. The van der Waals surface area contributed by atoms with Crippen LogP contribution in [0, 0.1) is 6.92 Å². The number of aryl methyl sites for hydroxylation is 1. The molecule has 0 aromatic heterocycles. The first-order valence-electron chi connectivity index (χ1n) is 9.19. The molecule has 0 fully saturated rings. The van der Waals surface area contributed by atoms with Crippen LogP contribution in [0.5, 0.6) is 0 Å². The summed E-state index contributed by atoms with van der Waals surface area (Å²) in [6.07, 6.45) is 2.39. The van der Waals surface area contributed by atoms with Crippen molar-refractivity contribution in [3.8, 4) is 0 Å². The van der Waals surface area contributed by atoms with Crippen LogP contribution in [0.1, 0.15) is 41.3 Å². The number of carboxylic acid groups (broad SMARTS) is 1. The van der Waals surface area contributed by atoms with E-state index < -0.39 is 23.8 Å². The van der Waals surface area contributed by atoms with E-state index in [1.165, 1.54) is 6.08 Å².